The van der Waals surface area contributed by atoms with E-state index in [-0.39, 0.29) is 0 Å². The number of hydrogen-bond donors (Lipinski definition) is 2. The zero-order valence-corrected chi connectivity index (χ0v) is 22.7. The van der Waals surface area contributed by atoms with Crippen LogP contribution in [0.25, 0.3) is 55.9 Å². The molecule has 0 saturated carbocycles. The van der Waals surface area contributed by atoms with E-state index in [0.717, 1.165) is 50.6 Å². The molecular weight excluding hydrogens is 486 g/mol. The number of benzene rings is 5. The number of nitrogens with zero attached hydrogens (tertiary/aromatic N) is 1. The molecule has 0 radical (unpaired) electrons. The second-order valence-electron chi connectivity index (χ2n) is 9.82. The lowest BCUT2D eigenvalue weighted by Crippen LogP contribution is -1.92. The average Bonchev–Trinajstić information content (AvgIpc) is 3.05. The molecule has 2 N–H and O–H groups in total. The fraction of sp³-hybridized carbons (Fsp3) is 0.0541. The van der Waals surface area contributed by atoms with Crippen LogP contribution in [0.2, 0.25) is 0 Å². The summed E-state index contributed by atoms with van der Waals surface area (Å²) in [5.41, 5.74) is 13.3. The van der Waals surface area contributed by atoms with E-state index in [1.54, 1.807) is 0 Å². The van der Waals surface area contributed by atoms with Crippen LogP contribution in [0.3, 0.4) is 0 Å². The van der Waals surface area contributed by atoms with Gasteiger partial charge in [0.05, 0.1) is 11.4 Å². The van der Waals surface area contributed by atoms with Crippen molar-refractivity contribution < 1.29 is 0 Å². The van der Waals surface area contributed by atoms with E-state index in [4.69, 9.17) is 4.98 Å². The lowest BCUT2D eigenvalue weighted by molar-refractivity contribution is 1.32. The highest BCUT2D eigenvalue weighted by Crippen LogP contribution is 2.34. The monoisotopic (exact) mass is 517 g/mol. The Hall–Kier alpha value is -5.15. The van der Waals surface area contributed by atoms with Gasteiger partial charge in [0.1, 0.15) is 0 Å². The van der Waals surface area contributed by atoms with E-state index < -0.39 is 0 Å². The Morgan fingerprint density at radius 3 is 1.30 bits per heavy atom. The molecule has 0 aliphatic rings. The van der Waals surface area contributed by atoms with E-state index in [9.17, 15) is 0 Å². The van der Waals surface area contributed by atoms with E-state index in [1.807, 2.05) is 20.2 Å². The molecular formula is C37H31N3. The lowest BCUT2D eigenvalue weighted by Gasteiger charge is -2.13. The molecule has 194 valence electrons. The molecule has 0 amide bonds. The van der Waals surface area contributed by atoms with Crippen LogP contribution in [0.5, 0.6) is 0 Å². The topological polar surface area (TPSA) is 37.0 Å². The Bertz CT molecular complexity index is 1660. The van der Waals surface area contributed by atoms with Gasteiger partial charge in [-0.25, -0.2) is 4.98 Å². The third-order valence-corrected chi connectivity index (χ3v) is 7.22. The van der Waals surface area contributed by atoms with Gasteiger partial charge in [-0.15, -0.1) is 0 Å². The van der Waals surface area contributed by atoms with Crippen molar-refractivity contribution in [1.82, 2.24) is 4.98 Å². The van der Waals surface area contributed by atoms with Crippen LogP contribution < -0.4 is 10.6 Å². The Kier molecular flexibility index (Phi) is 7.11. The van der Waals surface area contributed by atoms with Crippen LogP contribution in [0.15, 0.2) is 140 Å². The van der Waals surface area contributed by atoms with Crippen molar-refractivity contribution in [2.75, 3.05) is 24.7 Å². The second kappa shape index (κ2) is 11.3. The summed E-state index contributed by atoms with van der Waals surface area (Å²) in [5, 5.41) is 6.49. The minimum atomic E-state index is 0.950. The Morgan fingerprint density at radius 2 is 0.750 bits per heavy atom. The molecule has 0 atom stereocenters. The summed E-state index contributed by atoms with van der Waals surface area (Å²) < 4.78 is 0. The van der Waals surface area contributed by atoms with Gasteiger partial charge < -0.3 is 10.6 Å². The molecule has 3 nitrogen and oxygen atoms in total. The number of hydrogen-bond acceptors (Lipinski definition) is 3. The molecule has 0 spiro atoms. The fourth-order valence-corrected chi connectivity index (χ4v) is 5.05. The van der Waals surface area contributed by atoms with Gasteiger partial charge in [-0.2, -0.15) is 0 Å². The SMILES string of the molecule is CNc1cccc(-c2cccc(-c3cc(-c4ccccc4)nc(-c4cccc(-c5cccc(NC)c5)c4)c3)c2)c1. The van der Waals surface area contributed by atoms with Gasteiger partial charge in [0, 0.05) is 36.6 Å². The predicted octanol–water partition coefficient (Wildman–Crippen LogP) is 9.50. The highest BCUT2D eigenvalue weighted by molar-refractivity contribution is 5.81. The number of pyridine rings is 1. The molecule has 1 aromatic heterocycles. The molecule has 1 heterocycles. The number of nitrogens with one attached hydrogen (secondary N) is 2. The Balaban J connectivity index is 1.47. The van der Waals surface area contributed by atoms with Crippen molar-refractivity contribution >= 4 is 11.4 Å². The predicted molar refractivity (Wildman–Crippen MR) is 171 cm³/mol. The zero-order chi connectivity index (χ0) is 27.3. The van der Waals surface area contributed by atoms with Gasteiger partial charge in [-0.3, -0.25) is 0 Å². The molecule has 0 saturated heterocycles. The smallest absolute Gasteiger partial charge is 0.0715 e. The van der Waals surface area contributed by atoms with Crippen molar-refractivity contribution in [3.63, 3.8) is 0 Å². The highest BCUT2D eigenvalue weighted by atomic mass is 14.8. The molecule has 0 aliphatic carbocycles. The van der Waals surface area contributed by atoms with E-state index >= 15 is 0 Å². The first-order chi connectivity index (χ1) is 19.7. The van der Waals surface area contributed by atoms with Crippen LogP contribution >= 0.6 is 0 Å². The van der Waals surface area contributed by atoms with Crippen molar-refractivity contribution in [3.8, 4) is 55.9 Å². The molecule has 6 aromatic rings. The van der Waals surface area contributed by atoms with Gasteiger partial charge in [0.25, 0.3) is 0 Å². The Morgan fingerprint density at radius 1 is 0.350 bits per heavy atom. The maximum atomic E-state index is 5.15. The summed E-state index contributed by atoms with van der Waals surface area (Å²) in [6, 6.07) is 49.2. The first-order valence-electron chi connectivity index (χ1n) is 13.5. The van der Waals surface area contributed by atoms with Gasteiger partial charge >= 0.3 is 0 Å². The summed E-state index contributed by atoms with van der Waals surface area (Å²) in [6.07, 6.45) is 0. The molecule has 0 fully saturated rings. The number of rotatable bonds is 7. The summed E-state index contributed by atoms with van der Waals surface area (Å²) in [4.78, 5) is 5.15. The maximum absolute atomic E-state index is 5.15. The molecule has 5 aromatic carbocycles. The zero-order valence-electron chi connectivity index (χ0n) is 22.7. The minimum Gasteiger partial charge on any atom is -0.388 e. The molecule has 0 aliphatic heterocycles. The largest absolute Gasteiger partial charge is 0.388 e. The van der Waals surface area contributed by atoms with Gasteiger partial charge in [0.15, 0.2) is 0 Å². The van der Waals surface area contributed by atoms with Crippen LogP contribution in [-0.2, 0) is 0 Å². The van der Waals surface area contributed by atoms with Crippen LogP contribution in [0.4, 0.5) is 11.4 Å². The standard InChI is InChI=1S/C37H31N3/c1-38-34-18-8-15-30(22-34)27-12-6-14-29(20-27)33-24-36(26-10-4-3-5-11-26)40-37(25-33)32-17-7-13-28(21-32)31-16-9-19-35(23-31)39-2/h3-25,38-39H,1-2H3. The molecule has 0 unspecified atom stereocenters. The van der Waals surface area contributed by atoms with Crippen molar-refractivity contribution in [2.24, 2.45) is 0 Å². The molecule has 6 rings (SSSR count). The first-order valence-corrected chi connectivity index (χ1v) is 13.5. The van der Waals surface area contributed by atoms with Crippen molar-refractivity contribution in [1.29, 1.82) is 0 Å². The maximum Gasteiger partial charge on any atom is 0.0715 e. The lowest BCUT2D eigenvalue weighted by atomic mass is 9.95. The number of anilines is 2. The average molecular weight is 518 g/mol. The number of aromatic nitrogens is 1. The van der Waals surface area contributed by atoms with Gasteiger partial charge in [-0.1, -0.05) is 91.0 Å². The molecule has 0 bridgehead atoms. The summed E-state index contributed by atoms with van der Waals surface area (Å²) in [6.45, 7) is 0. The summed E-state index contributed by atoms with van der Waals surface area (Å²) in [5.74, 6) is 0. The first kappa shape index (κ1) is 25.1. The second-order valence-corrected chi connectivity index (χ2v) is 9.82. The third kappa shape index (κ3) is 5.36. The van der Waals surface area contributed by atoms with Crippen LogP contribution in [0.1, 0.15) is 0 Å². The molecule has 3 heteroatoms. The summed E-state index contributed by atoms with van der Waals surface area (Å²) >= 11 is 0. The van der Waals surface area contributed by atoms with Crippen LogP contribution in [0, 0.1) is 0 Å². The normalized spacial score (nSPS) is 10.8. The quantitative estimate of drug-likeness (QED) is 0.221. The Labute approximate surface area is 236 Å². The third-order valence-electron chi connectivity index (χ3n) is 7.22. The summed E-state index contributed by atoms with van der Waals surface area (Å²) in [7, 11) is 3.90. The van der Waals surface area contributed by atoms with E-state index in [1.165, 1.54) is 16.7 Å². The van der Waals surface area contributed by atoms with E-state index in [2.05, 4.69) is 144 Å². The van der Waals surface area contributed by atoms with Crippen LogP contribution in [-0.4, -0.2) is 19.1 Å². The minimum absolute atomic E-state index is 0.950. The van der Waals surface area contributed by atoms with Crippen molar-refractivity contribution in [2.45, 2.75) is 0 Å². The highest BCUT2D eigenvalue weighted by Gasteiger charge is 2.11. The fourth-order valence-electron chi connectivity index (χ4n) is 5.05. The van der Waals surface area contributed by atoms with Crippen molar-refractivity contribution in [3.05, 3.63) is 140 Å². The van der Waals surface area contributed by atoms with E-state index in [0.29, 0.717) is 0 Å². The van der Waals surface area contributed by atoms with Gasteiger partial charge in [-0.05, 0) is 81.9 Å². The molecule has 40 heavy (non-hydrogen) atoms. The van der Waals surface area contributed by atoms with Gasteiger partial charge in [0.2, 0.25) is 0 Å².